The summed E-state index contributed by atoms with van der Waals surface area (Å²) in [6.45, 7) is 9.00. The molecule has 2 N–H and O–H groups in total. The third kappa shape index (κ3) is 10.9. The van der Waals surface area contributed by atoms with Crippen molar-refractivity contribution in [1.29, 1.82) is 0 Å². The third-order valence-electron chi connectivity index (χ3n) is 6.49. The van der Waals surface area contributed by atoms with Gasteiger partial charge in [0.05, 0.1) is 37.7 Å². The molecule has 8 heteroatoms. The van der Waals surface area contributed by atoms with Crippen molar-refractivity contribution in [3.8, 4) is 0 Å². The van der Waals surface area contributed by atoms with Crippen molar-refractivity contribution in [2.75, 3.05) is 39.5 Å². The first kappa shape index (κ1) is 30.3. The summed E-state index contributed by atoms with van der Waals surface area (Å²) in [6, 6.07) is 9.67. The van der Waals surface area contributed by atoms with Crippen LogP contribution in [0.2, 0.25) is 0 Å². The molecule has 1 saturated heterocycles. The lowest BCUT2D eigenvalue weighted by Gasteiger charge is -2.28. The van der Waals surface area contributed by atoms with E-state index in [2.05, 4.69) is 18.5 Å². The van der Waals surface area contributed by atoms with Crippen LogP contribution in [0.3, 0.4) is 0 Å². The van der Waals surface area contributed by atoms with E-state index in [-0.39, 0.29) is 56.0 Å². The summed E-state index contributed by atoms with van der Waals surface area (Å²) >= 11 is 0. The number of carbonyl (C=O) groups excluding carboxylic acids is 3. The summed E-state index contributed by atoms with van der Waals surface area (Å²) in [6.07, 6.45) is 7.45. The number of carbonyl (C=O) groups is 3. The Morgan fingerprint density at radius 1 is 1.14 bits per heavy atom. The number of amides is 2. The molecule has 0 radical (unpaired) electrons. The molecule has 0 unspecified atom stereocenters. The SMILES string of the molecule is C=CCC[C@H](Cc1ccccc1)C(=O)OC[C@@H]1CCCN1C(=O)[C@H](CC=C)CC(=O)NCCOCCO. The van der Waals surface area contributed by atoms with Crippen LogP contribution in [0.5, 0.6) is 0 Å². The fraction of sp³-hybridized carbons (Fsp3) is 0.552. The predicted molar refractivity (Wildman–Crippen MR) is 143 cm³/mol. The quantitative estimate of drug-likeness (QED) is 0.177. The van der Waals surface area contributed by atoms with E-state index < -0.39 is 5.92 Å². The second-order valence-corrected chi connectivity index (χ2v) is 9.32. The Kier molecular flexibility index (Phi) is 14.3. The Labute approximate surface area is 220 Å². The van der Waals surface area contributed by atoms with Gasteiger partial charge in [0.2, 0.25) is 11.8 Å². The average Bonchev–Trinajstić information content (AvgIpc) is 3.38. The van der Waals surface area contributed by atoms with Crippen molar-refractivity contribution in [3.05, 3.63) is 61.2 Å². The minimum atomic E-state index is -0.523. The van der Waals surface area contributed by atoms with Gasteiger partial charge < -0.3 is 24.8 Å². The molecule has 0 spiro atoms. The first-order chi connectivity index (χ1) is 18.0. The van der Waals surface area contributed by atoms with Gasteiger partial charge >= 0.3 is 5.97 Å². The number of likely N-dealkylation sites (tertiary alicyclic amines) is 1. The van der Waals surface area contributed by atoms with Crippen molar-refractivity contribution in [3.63, 3.8) is 0 Å². The number of aliphatic hydroxyl groups excluding tert-OH is 1. The lowest BCUT2D eigenvalue weighted by Crippen LogP contribution is -2.43. The molecule has 1 aliphatic rings. The molecule has 1 aliphatic heterocycles. The number of ether oxygens (including phenoxy) is 2. The Bertz CT molecular complexity index is 859. The maximum absolute atomic E-state index is 13.4. The van der Waals surface area contributed by atoms with Gasteiger partial charge in [-0.2, -0.15) is 0 Å². The molecule has 37 heavy (non-hydrogen) atoms. The van der Waals surface area contributed by atoms with E-state index >= 15 is 0 Å². The molecule has 1 aromatic rings. The second kappa shape index (κ2) is 17.5. The molecule has 2 amide bonds. The highest BCUT2D eigenvalue weighted by atomic mass is 16.5. The highest BCUT2D eigenvalue weighted by Crippen LogP contribution is 2.24. The number of hydrogen-bond acceptors (Lipinski definition) is 6. The molecule has 1 fully saturated rings. The highest BCUT2D eigenvalue weighted by Gasteiger charge is 2.34. The summed E-state index contributed by atoms with van der Waals surface area (Å²) in [5.74, 6) is -1.40. The van der Waals surface area contributed by atoms with Crippen LogP contribution in [0.4, 0.5) is 0 Å². The number of aliphatic hydroxyl groups is 1. The van der Waals surface area contributed by atoms with Crippen LogP contribution >= 0.6 is 0 Å². The number of esters is 1. The molecule has 3 atom stereocenters. The molecule has 1 heterocycles. The molecule has 1 aromatic carbocycles. The number of benzene rings is 1. The topological polar surface area (TPSA) is 105 Å². The van der Waals surface area contributed by atoms with E-state index in [1.165, 1.54) is 0 Å². The van der Waals surface area contributed by atoms with Gasteiger partial charge in [0.15, 0.2) is 0 Å². The van der Waals surface area contributed by atoms with Crippen LogP contribution in [-0.2, 0) is 30.3 Å². The largest absolute Gasteiger partial charge is 0.463 e. The minimum Gasteiger partial charge on any atom is -0.463 e. The lowest BCUT2D eigenvalue weighted by atomic mass is 9.95. The lowest BCUT2D eigenvalue weighted by molar-refractivity contribution is -0.152. The molecule has 8 nitrogen and oxygen atoms in total. The normalized spacial score (nSPS) is 16.6. The number of allylic oxidation sites excluding steroid dienone is 2. The van der Waals surface area contributed by atoms with Gasteiger partial charge in [0.25, 0.3) is 0 Å². The Balaban J connectivity index is 1.92. The van der Waals surface area contributed by atoms with Crippen LogP contribution < -0.4 is 5.32 Å². The van der Waals surface area contributed by atoms with Crippen molar-refractivity contribution >= 4 is 17.8 Å². The number of nitrogens with zero attached hydrogens (tertiary/aromatic N) is 1. The zero-order valence-electron chi connectivity index (χ0n) is 21.8. The first-order valence-corrected chi connectivity index (χ1v) is 13.2. The molecular weight excluding hydrogens is 472 g/mol. The summed E-state index contributed by atoms with van der Waals surface area (Å²) in [4.78, 5) is 40.5. The predicted octanol–water partition coefficient (Wildman–Crippen LogP) is 3.05. The zero-order chi connectivity index (χ0) is 26.9. The van der Waals surface area contributed by atoms with E-state index in [0.717, 1.165) is 24.8 Å². The average molecular weight is 515 g/mol. The van der Waals surface area contributed by atoms with Gasteiger partial charge in [-0.15, -0.1) is 13.2 Å². The molecule has 0 saturated carbocycles. The standard InChI is InChI=1S/C29H42N2O6/c1-3-5-13-25(20-23-11-7-6-8-12-23)29(35)37-22-26-14-9-16-31(26)28(34)24(10-4-2)21-27(33)30-15-18-36-19-17-32/h3-4,6-8,11-12,24-26,32H,1-2,5,9-10,13-22H2,(H,30,33)/t24-,25-,26+/m1/s1. The van der Waals surface area contributed by atoms with Gasteiger partial charge in [-0.05, 0) is 44.1 Å². The summed E-state index contributed by atoms with van der Waals surface area (Å²) in [5.41, 5.74) is 1.08. The third-order valence-corrected chi connectivity index (χ3v) is 6.49. The van der Waals surface area contributed by atoms with Gasteiger partial charge in [-0.25, -0.2) is 0 Å². The number of rotatable bonds is 18. The van der Waals surface area contributed by atoms with Gasteiger partial charge in [0.1, 0.15) is 6.61 Å². The molecule has 0 bridgehead atoms. The van der Waals surface area contributed by atoms with E-state index in [1.54, 1.807) is 17.1 Å². The summed E-state index contributed by atoms with van der Waals surface area (Å²) in [5, 5.41) is 11.5. The summed E-state index contributed by atoms with van der Waals surface area (Å²) in [7, 11) is 0. The van der Waals surface area contributed by atoms with Crippen LogP contribution in [-0.4, -0.2) is 73.3 Å². The maximum atomic E-state index is 13.4. The molecule has 0 aliphatic carbocycles. The van der Waals surface area contributed by atoms with Crippen molar-refractivity contribution < 1.29 is 29.0 Å². The molecule has 204 valence electrons. The first-order valence-electron chi connectivity index (χ1n) is 13.2. The molecular formula is C29H42N2O6. The fourth-order valence-corrected chi connectivity index (χ4v) is 4.55. The van der Waals surface area contributed by atoms with Crippen molar-refractivity contribution in [2.45, 2.75) is 51.0 Å². The maximum Gasteiger partial charge on any atom is 0.309 e. The van der Waals surface area contributed by atoms with Crippen LogP contribution in [0, 0.1) is 11.8 Å². The fourth-order valence-electron chi connectivity index (χ4n) is 4.55. The molecule has 0 aromatic heterocycles. The highest BCUT2D eigenvalue weighted by molar-refractivity contribution is 5.86. The van der Waals surface area contributed by atoms with Crippen molar-refractivity contribution in [1.82, 2.24) is 10.2 Å². The van der Waals surface area contributed by atoms with Crippen LogP contribution in [0.25, 0.3) is 0 Å². The zero-order valence-corrected chi connectivity index (χ0v) is 21.8. The summed E-state index contributed by atoms with van der Waals surface area (Å²) < 4.78 is 10.9. The second-order valence-electron chi connectivity index (χ2n) is 9.32. The van der Waals surface area contributed by atoms with Crippen LogP contribution in [0.15, 0.2) is 55.6 Å². The Morgan fingerprint density at radius 3 is 2.62 bits per heavy atom. The van der Waals surface area contributed by atoms with Gasteiger partial charge in [-0.1, -0.05) is 42.5 Å². The minimum absolute atomic E-state index is 0.0502. The van der Waals surface area contributed by atoms with Gasteiger partial charge in [0, 0.05) is 19.5 Å². The Morgan fingerprint density at radius 2 is 1.92 bits per heavy atom. The molecule has 2 rings (SSSR count). The monoisotopic (exact) mass is 514 g/mol. The van der Waals surface area contributed by atoms with E-state index in [0.29, 0.717) is 39.0 Å². The smallest absolute Gasteiger partial charge is 0.309 e. The van der Waals surface area contributed by atoms with Crippen molar-refractivity contribution in [2.24, 2.45) is 11.8 Å². The van der Waals surface area contributed by atoms with Gasteiger partial charge in [-0.3, -0.25) is 14.4 Å². The van der Waals surface area contributed by atoms with Crippen LogP contribution in [0.1, 0.15) is 44.1 Å². The van der Waals surface area contributed by atoms with E-state index in [9.17, 15) is 14.4 Å². The number of hydrogen-bond donors (Lipinski definition) is 2. The number of nitrogens with one attached hydrogen (secondary N) is 1. The van der Waals surface area contributed by atoms with E-state index in [1.807, 2.05) is 30.3 Å². The van der Waals surface area contributed by atoms with E-state index in [4.69, 9.17) is 14.6 Å². The Hall–Kier alpha value is -2.97.